The summed E-state index contributed by atoms with van der Waals surface area (Å²) in [5.41, 5.74) is 0.971. The Balaban J connectivity index is 1.41. The molecule has 2 heterocycles. The molecule has 2 fully saturated rings. The van der Waals surface area contributed by atoms with Crippen LogP contribution in [-0.4, -0.2) is 42.2 Å². The summed E-state index contributed by atoms with van der Waals surface area (Å²) >= 11 is 0. The first-order valence-electron chi connectivity index (χ1n) is 8.42. The van der Waals surface area contributed by atoms with E-state index in [0.29, 0.717) is 6.61 Å². The van der Waals surface area contributed by atoms with Crippen molar-refractivity contribution in [3.63, 3.8) is 0 Å². The Labute approximate surface area is 136 Å². The first kappa shape index (κ1) is 16.4. The minimum atomic E-state index is -0.248. The normalized spacial score (nSPS) is 25.7. The van der Waals surface area contributed by atoms with Crippen molar-refractivity contribution in [3.8, 4) is 0 Å². The Morgan fingerprint density at radius 2 is 1.91 bits per heavy atom. The minimum absolute atomic E-state index is 0.131. The van der Waals surface area contributed by atoms with Gasteiger partial charge in [0.05, 0.1) is 18.8 Å². The zero-order chi connectivity index (χ0) is 16.2. The fourth-order valence-electron chi connectivity index (χ4n) is 3.23. The van der Waals surface area contributed by atoms with Crippen molar-refractivity contribution in [3.05, 3.63) is 35.6 Å². The quantitative estimate of drug-likeness (QED) is 0.856. The van der Waals surface area contributed by atoms with Gasteiger partial charge in [-0.25, -0.2) is 4.39 Å². The number of rotatable bonds is 4. The molecule has 1 aromatic carbocycles. The van der Waals surface area contributed by atoms with Crippen molar-refractivity contribution < 1.29 is 18.7 Å². The number of amides is 1. The van der Waals surface area contributed by atoms with Gasteiger partial charge in [0, 0.05) is 13.1 Å². The van der Waals surface area contributed by atoms with Crippen LogP contribution in [0.1, 0.15) is 38.2 Å². The highest BCUT2D eigenvalue weighted by Gasteiger charge is 2.33. The highest BCUT2D eigenvalue weighted by molar-refractivity contribution is 5.81. The molecule has 0 unspecified atom stereocenters. The number of carbonyl (C=O) groups is 1. The first-order chi connectivity index (χ1) is 11.1. The Kier molecular flexibility index (Phi) is 5.28. The molecule has 23 heavy (non-hydrogen) atoms. The lowest BCUT2D eigenvalue weighted by Crippen LogP contribution is -2.45. The van der Waals surface area contributed by atoms with Crippen LogP contribution >= 0.6 is 0 Å². The van der Waals surface area contributed by atoms with Crippen molar-refractivity contribution in [2.24, 2.45) is 0 Å². The number of benzene rings is 1. The van der Waals surface area contributed by atoms with Crippen molar-refractivity contribution in [2.45, 2.75) is 57.5 Å². The molecule has 0 N–H and O–H groups in total. The maximum Gasteiger partial charge on any atom is 0.251 e. The van der Waals surface area contributed by atoms with E-state index in [1.807, 2.05) is 11.8 Å². The molecule has 4 nitrogen and oxygen atoms in total. The molecule has 0 saturated carbocycles. The van der Waals surface area contributed by atoms with Gasteiger partial charge in [0.1, 0.15) is 11.9 Å². The van der Waals surface area contributed by atoms with E-state index in [9.17, 15) is 9.18 Å². The van der Waals surface area contributed by atoms with Crippen LogP contribution in [0.25, 0.3) is 0 Å². The lowest BCUT2D eigenvalue weighted by molar-refractivity contribution is -0.145. The second-order valence-electron chi connectivity index (χ2n) is 6.47. The lowest BCUT2D eigenvalue weighted by atomic mass is 10.1. The Morgan fingerprint density at radius 1 is 1.22 bits per heavy atom. The molecule has 1 aromatic rings. The molecular formula is C18H24FNO3. The molecule has 0 radical (unpaired) electrons. The second-order valence-corrected chi connectivity index (χ2v) is 6.47. The van der Waals surface area contributed by atoms with Gasteiger partial charge >= 0.3 is 0 Å². The molecule has 2 saturated heterocycles. The van der Waals surface area contributed by atoms with Crippen molar-refractivity contribution in [1.29, 1.82) is 0 Å². The van der Waals surface area contributed by atoms with Crippen LogP contribution in [0.5, 0.6) is 0 Å². The molecule has 126 valence electrons. The van der Waals surface area contributed by atoms with E-state index in [-0.39, 0.29) is 30.0 Å². The van der Waals surface area contributed by atoms with E-state index < -0.39 is 0 Å². The summed E-state index contributed by atoms with van der Waals surface area (Å²) in [6, 6.07) is 6.38. The Morgan fingerprint density at radius 3 is 2.52 bits per heavy atom. The van der Waals surface area contributed by atoms with Gasteiger partial charge in [0.2, 0.25) is 0 Å². The number of piperidine rings is 1. The molecule has 0 spiro atoms. The summed E-state index contributed by atoms with van der Waals surface area (Å²) in [7, 11) is 0. The molecule has 2 aliphatic rings. The average Bonchev–Trinajstić information content (AvgIpc) is 3.01. The van der Waals surface area contributed by atoms with Crippen LogP contribution in [-0.2, 0) is 20.9 Å². The summed E-state index contributed by atoms with van der Waals surface area (Å²) < 4.78 is 24.4. The summed E-state index contributed by atoms with van der Waals surface area (Å²) in [4.78, 5) is 14.3. The average molecular weight is 321 g/mol. The molecule has 2 atom stereocenters. The van der Waals surface area contributed by atoms with Crippen molar-refractivity contribution >= 4 is 5.91 Å². The molecule has 1 amide bonds. The van der Waals surface area contributed by atoms with Crippen LogP contribution in [0.4, 0.5) is 4.39 Å². The molecular weight excluding hydrogens is 297 g/mol. The third-order valence-electron chi connectivity index (χ3n) is 4.66. The maximum atomic E-state index is 12.9. The fourth-order valence-corrected chi connectivity index (χ4v) is 3.23. The van der Waals surface area contributed by atoms with Gasteiger partial charge in [0.25, 0.3) is 5.91 Å². The number of carbonyl (C=O) groups excluding carboxylic acids is 1. The van der Waals surface area contributed by atoms with Gasteiger partial charge < -0.3 is 14.4 Å². The van der Waals surface area contributed by atoms with Gasteiger partial charge in [-0.3, -0.25) is 4.79 Å². The molecule has 0 bridgehead atoms. The molecule has 3 rings (SSSR count). The van der Waals surface area contributed by atoms with Gasteiger partial charge in [-0.05, 0) is 50.3 Å². The molecule has 0 aliphatic carbocycles. The highest BCUT2D eigenvalue weighted by atomic mass is 19.1. The van der Waals surface area contributed by atoms with Crippen LogP contribution in [0.3, 0.4) is 0 Å². The Bertz CT molecular complexity index is 526. The smallest absolute Gasteiger partial charge is 0.251 e. The summed E-state index contributed by atoms with van der Waals surface area (Å²) in [5.74, 6) is -0.102. The highest BCUT2D eigenvalue weighted by Crippen LogP contribution is 2.23. The van der Waals surface area contributed by atoms with Crippen LogP contribution in [0, 0.1) is 5.82 Å². The minimum Gasteiger partial charge on any atom is -0.373 e. The summed E-state index contributed by atoms with van der Waals surface area (Å²) in [6.07, 6.45) is 3.59. The zero-order valence-corrected chi connectivity index (χ0v) is 13.5. The number of halogens is 1. The number of hydrogen-bond acceptors (Lipinski definition) is 3. The van der Waals surface area contributed by atoms with E-state index in [0.717, 1.165) is 44.3 Å². The number of nitrogens with zero attached hydrogens (tertiary/aromatic N) is 1. The third-order valence-corrected chi connectivity index (χ3v) is 4.66. The summed E-state index contributed by atoms with van der Waals surface area (Å²) in [5, 5.41) is 0. The van der Waals surface area contributed by atoms with Gasteiger partial charge in [0.15, 0.2) is 0 Å². The standard InChI is InChI=1S/C18H24FNO3/c1-13-2-7-17(23-13)18(21)20-10-8-16(9-11-20)22-12-14-3-5-15(19)6-4-14/h3-6,13,16-17H,2,7-12H2,1H3/t13-,17+/m1/s1. The molecule has 2 aliphatic heterocycles. The van der Waals surface area contributed by atoms with Gasteiger partial charge in [-0.2, -0.15) is 0 Å². The lowest BCUT2D eigenvalue weighted by Gasteiger charge is -2.33. The number of ether oxygens (including phenoxy) is 2. The van der Waals surface area contributed by atoms with E-state index >= 15 is 0 Å². The first-order valence-corrected chi connectivity index (χ1v) is 8.42. The van der Waals surface area contributed by atoms with Crippen molar-refractivity contribution in [1.82, 2.24) is 4.90 Å². The predicted molar refractivity (Wildman–Crippen MR) is 84.4 cm³/mol. The predicted octanol–water partition coefficient (Wildman–Crippen LogP) is 2.90. The van der Waals surface area contributed by atoms with Crippen molar-refractivity contribution in [2.75, 3.05) is 13.1 Å². The van der Waals surface area contributed by atoms with E-state index in [4.69, 9.17) is 9.47 Å². The van der Waals surface area contributed by atoms with E-state index in [2.05, 4.69) is 0 Å². The molecule has 5 heteroatoms. The second kappa shape index (κ2) is 7.41. The monoisotopic (exact) mass is 321 g/mol. The van der Waals surface area contributed by atoms with Crippen LogP contribution in [0.2, 0.25) is 0 Å². The van der Waals surface area contributed by atoms with Gasteiger partial charge in [-0.1, -0.05) is 12.1 Å². The fraction of sp³-hybridized carbons (Fsp3) is 0.611. The summed E-state index contributed by atoms with van der Waals surface area (Å²) in [6.45, 7) is 3.95. The van der Waals surface area contributed by atoms with E-state index in [1.165, 1.54) is 12.1 Å². The zero-order valence-electron chi connectivity index (χ0n) is 13.5. The topological polar surface area (TPSA) is 38.8 Å². The van der Waals surface area contributed by atoms with Crippen LogP contribution in [0.15, 0.2) is 24.3 Å². The van der Waals surface area contributed by atoms with Gasteiger partial charge in [-0.15, -0.1) is 0 Å². The molecule has 0 aromatic heterocycles. The number of likely N-dealkylation sites (tertiary alicyclic amines) is 1. The van der Waals surface area contributed by atoms with E-state index in [1.54, 1.807) is 12.1 Å². The van der Waals surface area contributed by atoms with Crippen LogP contribution < -0.4 is 0 Å². The number of hydrogen-bond donors (Lipinski definition) is 0. The third kappa shape index (κ3) is 4.30. The largest absolute Gasteiger partial charge is 0.373 e. The SMILES string of the molecule is C[C@@H]1CC[C@@H](C(=O)N2CCC(OCc3ccc(F)cc3)CC2)O1. The Hall–Kier alpha value is -1.46. The maximum absolute atomic E-state index is 12.9.